The van der Waals surface area contributed by atoms with Gasteiger partial charge < -0.3 is 29.9 Å². The number of nitrogens with zero attached hydrogens (tertiary/aromatic N) is 8. The van der Waals surface area contributed by atoms with Gasteiger partial charge in [-0.15, -0.1) is 0 Å². The molecule has 0 aliphatic carbocycles. The van der Waals surface area contributed by atoms with E-state index in [1.807, 2.05) is 97.1 Å². The molecule has 0 saturated heterocycles. The van der Waals surface area contributed by atoms with Crippen molar-refractivity contribution < 1.29 is 17.0 Å². The van der Waals surface area contributed by atoms with Gasteiger partial charge in [-0.05, 0) is 21.5 Å². The fourth-order valence-corrected chi connectivity index (χ4v) is 5.46. The Balaban J connectivity index is 0.000000892. The van der Waals surface area contributed by atoms with Gasteiger partial charge in [-0.2, -0.15) is 0 Å². The predicted octanol–water partition coefficient (Wildman–Crippen LogP) is 7.50. The molecule has 0 fully saturated rings. The number of rotatable bonds is 0. The molecule has 0 amide bonds. The molecule has 5 heterocycles. The molecule has 43 heavy (non-hydrogen) atoms. The molecular formula is C32H16Cl2N8Ti-2. The first-order valence-corrected chi connectivity index (χ1v) is 17.6. The van der Waals surface area contributed by atoms with E-state index in [0.29, 0.717) is 45.9 Å². The molecule has 3 aromatic heterocycles. The number of fused-ring (bicyclic) bond motifs is 20. The third kappa shape index (κ3) is 4.42. The monoisotopic (exact) mass is 630 g/mol. The zero-order valence-corrected chi connectivity index (χ0v) is 25.1. The van der Waals surface area contributed by atoms with Crippen molar-refractivity contribution in [1.29, 1.82) is 0 Å². The first kappa shape index (κ1) is 26.2. The first-order valence-electron chi connectivity index (χ1n) is 13.3. The van der Waals surface area contributed by atoms with E-state index in [1.165, 1.54) is 0 Å². The second kappa shape index (κ2) is 10.7. The Morgan fingerprint density at radius 2 is 0.605 bits per heavy atom. The molecule has 0 saturated carbocycles. The van der Waals surface area contributed by atoms with Gasteiger partial charge in [0.05, 0.1) is 23.3 Å². The Morgan fingerprint density at radius 1 is 0.372 bits per heavy atom. The predicted molar refractivity (Wildman–Crippen MR) is 166 cm³/mol. The van der Waals surface area contributed by atoms with Crippen LogP contribution in [0.3, 0.4) is 0 Å². The van der Waals surface area contributed by atoms with Gasteiger partial charge in [0.2, 0.25) is 0 Å². The second-order valence-electron chi connectivity index (χ2n) is 9.74. The fraction of sp³-hybridized carbons (Fsp3) is 0. The summed E-state index contributed by atoms with van der Waals surface area (Å²) in [5.74, 6) is 2.21. The molecule has 0 radical (unpaired) electrons. The minimum atomic E-state index is -0.556. The van der Waals surface area contributed by atoms with Crippen molar-refractivity contribution in [3.05, 3.63) is 97.1 Å². The SMILES string of the molecule is [Cl][Ti][Cl].c1ccc2c(c1)-c1nc-2nc2[n-]c(nc3nc(nc4[n-]c(n1)c1ccccc41)-c1ccccc1-3)c1ccccc21. The van der Waals surface area contributed by atoms with Crippen molar-refractivity contribution in [3.8, 4) is 45.6 Å². The van der Waals surface area contributed by atoms with Crippen molar-refractivity contribution in [2.24, 2.45) is 0 Å². The third-order valence-corrected chi connectivity index (χ3v) is 7.33. The van der Waals surface area contributed by atoms with Crippen LogP contribution in [0.15, 0.2) is 97.1 Å². The molecule has 7 aromatic rings. The van der Waals surface area contributed by atoms with Crippen molar-refractivity contribution in [3.63, 3.8) is 0 Å². The maximum Gasteiger partial charge on any atom is 0.0927 e. The first-order chi connectivity index (χ1) is 21.2. The molecule has 2 aliphatic rings. The van der Waals surface area contributed by atoms with E-state index in [9.17, 15) is 0 Å². The number of halogens is 2. The smallest absolute Gasteiger partial charge is 0.0927 e. The molecule has 0 spiro atoms. The third-order valence-electron chi connectivity index (χ3n) is 7.33. The molecule has 204 valence electrons. The van der Waals surface area contributed by atoms with Gasteiger partial charge in [0, 0.05) is 44.8 Å². The van der Waals surface area contributed by atoms with E-state index >= 15 is 0 Å². The van der Waals surface area contributed by atoms with Gasteiger partial charge >= 0.3 is 35.6 Å². The molecule has 9 rings (SSSR count). The van der Waals surface area contributed by atoms with E-state index in [4.69, 9.17) is 58.5 Å². The van der Waals surface area contributed by atoms with Crippen LogP contribution in [-0.2, 0) is 17.0 Å². The van der Waals surface area contributed by atoms with Crippen LogP contribution < -0.4 is 9.97 Å². The number of hydrogen-bond acceptors (Lipinski definition) is 6. The summed E-state index contributed by atoms with van der Waals surface area (Å²) in [6, 6.07) is 31.8. The Hall–Kier alpha value is -4.47. The minimum absolute atomic E-state index is 0.552. The van der Waals surface area contributed by atoms with Crippen LogP contribution in [0.5, 0.6) is 0 Å². The van der Waals surface area contributed by atoms with E-state index in [0.717, 1.165) is 43.8 Å². The van der Waals surface area contributed by atoms with E-state index < -0.39 is 17.0 Å². The van der Waals surface area contributed by atoms with Crippen LogP contribution in [0, 0.1) is 0 Å². The zero-order valence-electron chi connectivity index (χ0n) is 22.1. The van der Waals surface area contributed by atoms with E-state index in [1.54, 1.807) is 0 Å². The normalized spacial score (nSPS) is 11.5. The Labute approximate surface area is 261 Å². The summed E-state index contributed by atoms with van der Waals surface area (Å²) in [6.07, 6.45) is 0. The van der Waals surface area contributed by atoms with E-state index in [-0.39, 0.29) is 0 Å². The van der Waals surface area contributed by atoms with Gasteiger partial charge in [-0.3, -0.25) is 0 Å². The fourth-order valence-electron chi connectivity index (χ4n) is 5.46. The summed E-state index contributed by atoms with van der Waals surface area (Å²) in [4.78, 5) is 39.3. The largest absolute Gasteiger partial charge is 0.357 e. The molecule has 4 aromatic carbocycles. The molecule has 8 bridgehead atoms. The number of aromatic nitrogens is 8. The minimum Gasteiger partial charge on any atom is -0.357 e. The summed E-state index contributed by atoms with van der Waals surface area (Å²) < 4.78 is 0. The van der Waals surface area contributed by atoms with Crippen molar-refractivity contribution >= 4 is 62.7 Å². The van der Waals surface area contributed by atoms with Crippen molar-refractivity contribution in [1.82, 2.24) is 39.9 Å². The topological polar surface area (TPSA) is 106 Å². The Kier molecular flexibility index (Phi) is 6.49. The molecule has 8 nitrogen and oxygen atoms in total. The maximum absolute atomic E-state index is 4.95. The van der Waals surface area contributed by atoms with Gasteiger partial charge in [-0.1, -0.05) is 97.1 Å². The van der Waals surface area contributed by atoms with Gasteiger partial charge in [0.1, 0.15) is 0 Å². The summed E-state index contributed by atoms with van der Waals surface area (Å²) in [7, 11) is 9.78. The average Bonchev–Trinajstić information content (AvgIpc) is 3.77. The van der Waals surface area contributed by atoms with Crippen LogP contribution in [0.25, 0.3) is 89.7 Å². The quantitative estimate of drug-likeness (QED) is 0.159. The zero-order chi connectivity index (χ0) is 28.9. The van der Waals surface area contributed by atoms with Crippen molar-refractivity contribution in [2.75, 3.05) is 0 Å². The molecule has 0 unspecified atom stereocenters. The average molecular weight is 631 g/mol. The van der Waals surface area contributed by atoms with Crippen LogP contribution in [0.1, 0.15) is 0 Å². The van der Waals surface area contributed by atoms with E-state index in [2.05, 4.69) is 0 Å². The van der Waals surface area contributed by atoms with Crippen LogP contribution >= 0.6 is 18.6 Å². The summed E-state index contributed by atoms with van der Waals surface area (Å²) in [5, 5.41) is 3.57. The van der Waals surface area contributed by atoms with Gasteiger partial charge in [-0.25, -0.2) is 9.97 Å². The summed E-state index contributed by atoms with van der Waals surface area (Å²) in [6.45, 7) is 0. The van der Waals surface area contributed by atoms with Crippen molar-refractivity contribution in [2.45, 2.75) is 0 Å². The summed E-state index contributed by atoms with van der Waals surface area (Å²) >= 11 is -0.556. The number of benzene rings is 4. The molecule has 0 N–H and O–H groups in total. The Morgan fingerprint density at radius 3 is 0.860 bits per heavy atom. The standard InChI is InChI=1S/C32H16N8.2ClH.Ti/c1-2-10-18-17(9-1)25-33-26(18)38-28-21-13-5-6-14-22(21)30(35-28)40-32-24-16-8-7-15-23(24)31(36-32)39-29-20-12-4-3-11-19(20)27(34-29)37-25;;;/h1-16H;2*1H;/q-2;;;+2/p-2. The van der Waals surface area contributed by atoms with Gasteiger partial charge in [0.25, 0.3) is 0 Å². The second-order valence-corrected chi connectivity index (χ2v) is 12.3. The number of hydrogen-bond donors (Lipinski definition) is 0. The van der Waals surface area contributed by atoms with Crippen LogP contribution in [-0.4, -0.2) is 29.9 Å². The molecule has 0 atom stereocenters. The molecule has 11 heteroatoms. The molecular weight excluding hydrogens is 615 g/mol. The summed E-state index contributed by atoms with van der Waals surface area (Å²) in [5.41, 5.74) is 5.78. The van der Waals surface area contributed by atoms with Crippen LogP contribution in [0.2, 0.25) is 0 Å². The molecule has 2 aliphatic heterocycles. The van der Waals surface area contributed by atoms with Crippen LogP contribution in [0.4, 0.5) is 0 Å². The maximum atomic E-state index is 4.95. The van der Waals surface area contributed by atoms with Gasteiger partial charge in [0.15, 0.2) is 0 Å². The Bertz CT molecular complexity index is 2060.